The highest BCUT2D eigenvalue weighted by atomic mass is 16.9. The topological polar surface area (TPSA) is 75.3 Å². The average Bonchev–Trinajstić information content (AvgIpc) is 3.07. The first-order valence-electron chi connectivity index (χ1n) is 10.4. The van der Waals surface area contributed by atoms with Gasteiger partial charge in [0.25, 0.3) is 5.91 Å². The van der Waals surface area contributed by atoms with Crippen LogP contribution < -0.4 is 5.32 Å². The Morgan fingerprint density at radius 3 is 2.15 bits per heavy atom. The standard InChI is InChI=1S/C20H35NO6/c1-6-7-8-9-10-11-12-21-17(22)15-13-14(25-19(2,3)24-13)16-18(23-15)27-20(4,5)26-16/h13-16,18H,6-12H2,1-5H3,(H,21,22)/t13-,14+,15-,16-,18-/m1/s1. The molecule has 0 aromatic carbocycles. The summed E-state index contributed by atoms with van der Waals surface area (Å²) in [5.74, 6) is -1.74. The maximum atomic E-state index is 12.8. The van der Waals surface area contributed by atoms with Crippen LogP contribution in [0.2, 0.25) is 0 Å². The molecule has 5 atom stereocenters. The Bertz CT molecular complexity index is 523. The number of unbranched alkanes of at least 4 members (excludes halogenated alkanes) is 5. The van der Waals surface area contributed by atoms with E-state index in [2.05, 4.69) is 12.2 Å². The molecule has 1 N–H and O–H groups in total. The summed E-state index contributed by atoms with van der Waals surface area (Å²) in [5.41, 5.74) is 0. The van der Waals surface area contributed by atoms with Crippen molar-refractivity contribution in [2.75, 3.05) is 6.54 Å². The Morgan fingerprint density at radius 2 is 1.41 bits per heavy atom. The van der Waals surface area contributed by atoms with Gasteiger partial charge in [-0.2, -0.15) is 0 Å². The molecule has 0 aromatic rings. The zero-order chi connectivity index (χ0) is 19.7. The van der Waals surface area contributed by atoms with Gasteiger partial charge < -0.3 is 29.0 Å². The van der Waals surface area contributed by atoms with Gasteiger partial charge in [0.1, 0.15) is 18.3 Å². The van der Waals surface area contributed by atoms with Crippen molar-refractivity contribution in [1.82, 2.24) is 5.32 Å². The summed E-state index contributed by atoms with van der Waals surface area (Å²) in [7, 11) is 0. The molecule has 27 heavy (non-hydrogen) atoms. The van der Waals surface area contributed by atoms with Crippen LogP contribution in [0, 0.1) is 0 Å². The zero-order valence-corrected chi connectivity index (χ0v) is 17.3. The van der Waals surface area contributed by atoms with Crippen LogP contribution in [0.3, 0.4) is 0 Å². The maximum absolute atomic E-state index is 12.8. The van der Waals surface area contributed by atoms with Crippen LogP contribution in [0.4, 0.5) is 0 Å². The van der Waals surface area contributed by atoms with Crippen LogP contribution in [0.5, 0.6) is 0 Å². The second kappa shape index (κ2) is 8.33. The summed E-state index contributed by atoms with van der Waals surface area (Å²) in [5, 5.41) is 2.99. The first kappa shape index (κ1) is 21.0. The minimum Gasteiger partial charge on any atom is -0.354 e. The van der Waals surface area contributed by atoms with Crippen molar-refractivity contribution in [2.45, 2.75) is 115 Å². The molecule has 0 unspecified atom stereocenters. The molecule has 3 rings (SSSR count). The number of ether oxygens (including phenoxy) is 5. The van der Waals surface area contributed by atoms with Gasteiger partial charge in [0.2, 0.25) is 0 Å². The third kappa shape index (κ3) is 5.01. The van der Waals surface area contributed by atoms with Crippen molar-refractivity contribution in [1.29, 1.82) is 0 Å². The first-order valence-corrected chi connectivity index (χ1v) is 10.4. The minimum atomic E-state index is -0.790. The molecule has 0 bridgehead atoms. The number of rotatable bonds is 8. The van der Waals surface area contributed by atoms with Crippen LogP contribution >= 0.6 is 0 Å². The van der Waals surface area contributed by atoms with E-state index in [-0.39, 0.29) is 5.91 Å². The van der Waals surface area contributed by atoms with Crippen molar-refractivity contribution in [3.05, 3.63) is 0 Å². The van der Waals surface area contributed by atoms with Gasteiger partial charge in [0.05, 0.1) is 0 Å². The van der Waals surface area contributed by atoms with E-state index in [4.69, 9.17) is 23.7 Å². The third-order valence-corrected chi connectivity index (χ3v) is 5.24. The van der Waals surface area contributed by atoms with Crippen LogP contribution in [-0.2, 0) is 28.5 Å². The van der Waals surface area contributed by atoms with E-state index in [9.17, 15) is 4.79 Å². The number of carbonyl (C=O) groups excluding carboxylic acids is 1. The summed E-state index contributed by atoms with van der Waals surface area (Å²) in [6.07, 6.45) is 4.36. The lowest BCUT2D eigenvalue weighted by atomic mass is 9.98. The Morgan fingerprint density at radius 1 is 0.815 bits per heavy atom. The van der Waals surface area contributed by atoms with Crippen molar-refractivity contribution in [3.8, 4) is 0 Å². The molecule has 1 amide bonds. The molecule has 0 aliphatic carbocycles. The van der Waals surface area contributed by atoms with Gasteiger partial charge in [-0.25, -0.2) is 0 Å². The molecule has 3 heterocycles. The Kier molecular flexibility index (Phi) is 6.48. The second-order valence-corrected chi connectivity index (χ2v) is 8.65. The predicted octanol–water partition coefficient (Wildman–Crippen LogP) is 2.86. The SMILES string of the molecule is CCCCCCCCNC(=O)[C@@H]1O[C@@H]2OC(C)(C)O[C@@H]2[C@H]2OC(C)(C)O[C@H]21. The first-order chi connectivity index (χ1) is 12.7. The molecule has 3 aliphatic rings. The van der Waals surface area contributed by atoms with E-state index < -0.39 is 42.3 Å². The quantitative estimate of drug-likeness (QED) is 0.648. The Balaban J connectivity index is 1.55. The summed E-state index contributed by atoms with van der Waals surface area (Å²) in [6.45, 7) is 10.2. The van der Waals surface area contributed by atoms with Gasteiger partial charge >= 0.3 is 0 Å². The smallest absolute Gasteiger partial charge is 0.252 e. The Labute approximate surface area is 162 Å². The molecule has 0 saturated carbocycles. The van der Waals surface area contributed by atoms with Crippen LogP contribution in [-0.4, -0.2) is 54.7 Å². The van der Waals surface area contributed by atoms with Gasteiger partial charge in [0, 0.05) is 6.54 Å². The number of fused-ring (bicyclic) bond motifs is 3. The Hall–Kier alpha value is -0.730. The molecule has 3 fully saturated rings. The van der Waals surface area contributed by atoms with E-state index in [1.54, 1.807) is 0 Å². The van der Waals surface area contributed by atoms with Gasteiger partial charge in [-0.15, -0.1) is 0 Å². The lowest BCUT2D eigenvalue weighted by molar-refractivity contribution is -0.231. The molecule has 0 radical (unpaired) electrons. The van der Waals surface area contributed by atoms with Gasteiger partial charge in [-0.1, -0.05) is 39.0 Å². The molecule has 3 aliphatic heterocycles. The summed E-state index contributed by atoms with van der Waals surface area (Å²) >= 11 is 0. The average molecular weight is 386 g/mol. The van der Waals surface area contributed by atoms with Gasteiger partial charge in [-0.05, 0) is 34.1 Å². The van der Waals surface area contributed by atoms with E-state index in [1.807, 2.05) is 27.7 Å². The van der Waals surface area contributed by atoms with E-state index in [0.29, 0.717) is 6.54 Å². The highest BCUT2D eigenvalue weighted by molar-refractivity contribution is 5.81. The van der Waals surface area contributed by atoms with Crippen LogP contribution in [0.25, 0.3) is 0 Å². The van der Waals surface area contributed by atoms with Crippen molar-refractivity contribution < 1.29 is 28.5 Å². The van der Waals surface area contributed by atoms with E-state index in [0.717, 1.165) is 12.8 Å². The molecule has 3 saturated heterocycles. The van der Waals surface area contributed by atoms with E-state index in [1.165, 1.54) is 25.7 Å². The fourth-order valence-electron chi connectivity index (χ4n) is 4.04. The maximum Gasteiger partial charge on any atom is 0.252 e. The lowest BCUT2D eigenvalue weighted by Crippen LogP contribution is -2.59. The zero-order valence-electron chi connectivity index (χ0n) is 17.3. The molecule has 0 spiro atoms. The minimum absolute atomic E-state index is 0.174. The van der Waals surface area contributed by atoms with Gasteiger partial charge in [-0.3, -0.25) is 4.79 Å². The number of hydrogen-bond acceptors (Lipinski definition) is 6. The molecule has 156 valence electrons. The summed E-state index contributed by atoms with van der Waals surface area (Å²) < 4.78 is 29.8. The number of nitrogens with one attached hydrogen (secondary N) is 1. The van der Waals surface area contributed by atoms with E-state index >= 15 is 0 Å². The fourth-order valence-corrected chi connectivity index (χ4v) is 4.04. The summed E-state index contributed by atoms with van der Waals surface area (Å²) in [4.78, 5) is 12.8. The monoisotopic (exact) mass is 385 g/mol. The largest absolute Gasteiger partial charge is 0.354 e. The molecule has 7 nitrogen and oxygen atoms in total. The van der Waals surface area contributed by atoms with Crippen molar-refractivity contribution >= 4 is 5.91 Å². The van der Waals surface area contributed by atoms with Gasteiger partial charge in [0.15, 0.2) is 24.0 Å². The number of hydrogen-bond donors (Lipinski definition) is 1. The van der Waals surface area contributed by atoms with Crippen molar-refractivity contribution in [2.24, 2.45) is 0 Å². The normalized spacial score (nSPS) is 36.3. The summed E-state index contributed by atoms with van der Waals surface area (Å²) in [6, 6.07) is 0. The van der Waals surface area contributed by atoms with Crippen LogP contribution in [0.1, 0.15) is 73.1 Å². The fraction of sp³-hybridized carbons (Fsp3) is 0.950. The lowest BCUT2D eigenvalue weighted by Gasteiger charge is -2.36. The second-order valence-electron chi connectivity index (χ2n) is 8.65. The van der Waals surface area contributed by atoms with Crippen LogP contribution in [0.15, 0.2) is 0 Å². The molecular weight excluding hydrogens is 350 g/mol. The van der Waals surface area contributed by atoms with Crippen molar-refractivity contribution in [3.63, 3.8) is 0 Å². The molecule has 7 heteroatoms. The molecular formula is C20H35NO6. The highest BCUT2D eigenvalue weighted by Crippen LogP contribution is 2.44. The third-order valence-electron chi connectivity index (χ3n) is 5.24. The number of carbonyl (C=O) groups is 1. The predicted molar refractivity (Wildman–Crippen MR) is 98.9 cm³/mol. The highest BCUT2D eigenvalue weighted by Gasteiger charge is 2.62. The molecule has 0 aromatic heterocycles. The number of amides is 1.